The van der Waals surface area contributed by atoms with Crippen LogP contribution in [0.4, 0.5) is 8.78 Å². The minimum Gasteiger partial charge on any atom is -0.487 e. The molecule has 0 aliphatic heterocycles. The Morgan fingerprint density at radius 3 is 2.73 bits per heavy atom. The van der Waals surface area contributed by atoms with E-state index < -0.39 is 18.9 Å². The molecule has 0 aliphatic carbocycles. The second-order valence-electron chi connectivity index (χ2n) is 2.67. The molecule has 0 spiro atoms. The number of hydrazine groups is 1. The Morgan fingerprint density at radius 2 is 2.13 bits per heavy atom. The van der Waals surface area contributed by atoms with Gasteiger partial charge in [-0.25, -0.2) is 14.6 Å². The van der Waals surface area contributed by atoms with E-state index in [9.17, 15) is 13.6 Å². The number of hydrogen-bond acceptors (Lipinski definition) is 3. The standard InChI is InChI=1S/C9H10F2N2O2/c10-8(11)5-15-7-4-2-1-3-6(7)9(14)13-12/h1-4,8H,5,12H2,(H,13,14). The first-order chi connectivity index (χ1) is 7.15. The van der Waals surface area contributed by atoms with Crippen LogP contribution in [-0.4, -0.2) is 18.9 Å². The topological polar surface area (TPSA) is 64.3 Å². The van der Waals surface area contributed by atoms with Crippen molar-refractivity contribution in [2.45, 2.75) is 6.43 Å². The second-order valence-corrected chi connectivity index (χ2v) is 2.67. The quantitative estimate of drug-likeness (QED) is 0.447. The second kappa shape index (κ2) is 5.26. The van der Waals surface area contributed by atoms with Crippen molar-refractivity contribution in [1.82, 2.24) is 5.43 Å². The van der Waals surface area contributed by atoms with E-state index in [-0.39, 0.29) is 11.3 Å². The first-order valence-electron chi connectivity index (χ1n) is 4.16. The maximum absolute atomic E-state index is 11.9. The van der Waals surface area contributed by atoms with Crippen molar-refractivity contribution < 1.29 is 18.3 Å². The van der Waals surface area contributed by atoms with Crippen LogP contribution < -0.4 is 16.0 Å². The van der Waals surface area contributed by atoms with Crippen molar-refractivity contribution in [3.05, 3.63) is 29.8 Å². The zero-order chi connectivity index (χ0) is 11.3. The molecule has 0 atom stereocenters. The molecule has 0 heterocycles. The summed E-state index contributed by atoms with van der Waals surface area (Å²) < 4.78 is 28.5. The number of alkyl halides is 2. The number of carbonyl (C=O) groups excluding carboxylic acids is 1. The minimum atomic E-state index is -2.58. The molecule has 0 fully saturated rings. The summed E-state index contributed by atoms with van der Waals surface area (Å²) in [6.45, 7) is -0.755. The summed E-state index contributed by atoms with van der Waals surface area (Å²) in [5.74, 6) is 4.43. The average molecular weight is 216 g/mol. The molecule has 6 heteroatoms. The fourth-order valence-corrected chi connectivity index (χ4v) is 1.01. The summed E-state index contributed by atoms with van der Waals surface area (Å²) in [6, 6.07) is 6.02. The molecule has 1 rings (SSSR count). The van der Waals surface area contributed by atoms with Crippen molar-refractivity contribution in [3.63, 3.8) is 0 Å². The van der Waals surface area contributed by atoms with Crippen LogP contribution >= 0.6 is 0 Å². The normalized spacial score (nSPS) is 10.1. The number of hydrogen-bond donors (Lipinski definition) is 2. The summed E-state index contributed by atoms with van der Waals surface area (Å²) in [7, 11) is 0. The molecule has 0 aliphatic rings. The fraction of sp³-hybridized carbons (Fsp3) is 0.222. The maximum Gasteiger partial charge on any atom is 0.272 e. The number of ether oxygens (including phenoxy) is 1. The molecule has 0 saturated carbocycles. The first kappa shape index (κ1) is 11.4. The summed E-state index contributed by atoms with van der Waals surface area (Å²) in [5.41, 5.74) is 2.03. The van der Waals surface area contributed by atoms with E-state index in [0.717, 1.165) is 0 Å². The van der Waals surface area contributed by atoms with E-state index in [1.807, 2.05) is 5.43 Å². The third-order valence-electron chi connectivity index (χ3n) is 1.63. The number of nitrogens with one attached hydrogen (secondary N) is 1. The summed E-state index contributed by atoms with van der Waals surface area (Å²) in [4.78, 5) is 11.2. The van der Waals surface area contributed by atoms with Crippen LogP contribution in [0.15, 0.2) is 24.3 Å². The molecule has 0 bridgehead atoms. The lowest BCUT2D eigenvalue weighted by Crippen LogP contribution is -2.30. The molecule has 0 radical (unpaired) electrons. The van der Waals surface area contributed by atoms with Crippen LogP contribution in [0, 0.1) is 0 Å². The SMILES string of the molecule is NNC(=O)c1ccccc1OCC(F)F. The summed E-state index contributed by atoms with van der Waals surface area (Å²) in [6.07, 6.45) is -2.58. The van der Waals surface area contributed by atoms with Gasteiger partial charge in [0, 0.05) is 0 Å². The van der Waals surface area contributed by atoms with Gasteiger partial charge in [0.15, 0.2) is 0 Å². The molecule has 4 nitrogen and oxygen atoms in total. The van der Waals surface area contributed by atoms with Gasteiger partial charge in [-0.3, -0.25) is 10.2 Å². The van der Waals surface area contributed by atoms with Crippen molar-refractivity contribution in [2.75, 3.05) is 6.61 Å². The monoisotopic (exact) mass is 216 g/mol. The largest absolute Gasteiger partial charge is 0.487 e. The number of nitrogen functional groups attached to an aromatic ring is 1. The molecule has 1 aromatic rings. The van der Waals surface area contributed by atoms with Crippen molar-refractivity contribution in [2.24, 2.45) is 5.84 Å². The number of carbonyl (C=O) groups is 1. The highest BCUT2D eigenvalue weighted by molar-refractivity contribution is 5.96. The number of rotatable bonds is 4. The molecule has 1 amide bonds. The highest BCUT2D eigenvalue weighted by Gasteiger charge is 2.12. The van der Waals surface area contributed by atoms with Gasteiger partial charge in [0.2, 0.25) is 0 Å². The van der Waals surface area contributed by atoms with E-state index in [1.165, 1.54) is 12.1 Å². The Kier molecular flexibility index (Phi) is 3.99. The van der Waals surface area contributed by atoms with Crippen LogP contribution in [0.2, 0.25) is 0 Å². The van der Waals surface area contributed by atoms with E-state index in [0.29, 0.717) is 0 Å². The van der Waals surface area contributed by atoms with Crippen LogP contribution in [0.1, 0.15) is 10.4 Å². The molecule has 1 aromatic carbocycles. The summed E-state index contributed by atoms with van der Waals surface area (Å²) in [5, 5.41) is 0. The van der Waals surface area contributed by atoms with Gasteiger partial charge in [0.05, 0.1) is 5.56 Å². The van der Waals surface area contributed by atoms with Gasteiger partial charge < -0.3 is 4.74 Å². The van der Waals surface area contributed by atoms with Crippen LogP contribution in [-0.2, 0) is 0 Å². The predicted octanol–water partition coefficient (Wildman–Crippen LogP) is 0.934. The minimum absolute atomic E-state index is 0.0840. The number of benzene rings is 1. The Morgan fingerprint density at radius 1 is 1.47 bits per heavy atom. The smallest absolute Gasteiger partial charge is 0.272 e. The number of halogens is 2. The number of amides is 1. The predicted molar refractivity (Wildman–Crippen MR) is 49.6 cm³/mol. The van der Waals surface area contributed by atoms with Crippen molar-refractivity contribution in [3.8, 4) is 5.75 Å². The van der Waals surface area contributed by atoms with Gasteiger partial charge in [-0.05, 0) is 12.1 Å². The van der Waals surface area contributed by atoms with Gasteiger partial charge in [-0.1, -0.05) is 12.1 Å². The number of para-hydroxylation sites is 1. The van der Waals surface area contributed by atoms with Crippen LogP contribution in [0.5, 0.6) is 5.75 Å². The van der Waals surface area contributed by atoms with Gasteiger partial charge in [-0.2, -0.15) is 0 Å². The lowest BCUT2D eigenvalue weighted by atomic mass is 10.2. The Hall–Kier alpha value is -1.69. The highest BCUT2D eigenvalue weighted by Crippen LogP contribution is 2.18. The lowest BCUT2D eigenvalue weighted by molar-refractivity contribution is 0.0795. The Labute approximate surface area is 85.0 Å². The van der Waals surface area contributed by atoms with Crippen LogP contribution in [0.3, 0.4) is 0 Å². The van der Waals surface area contributed by atoms with Gasteiger partial charge in [-0.15, -0.1) is 0 Å². The molecule has 0 saturated heterocycles. The first-order valence-corrected chi connectivity index (χ1v) is 4.16. The molecule has 0 unspecified atom stereocenters. The molecule has 82 valence electrons. The van der Waals surface area contributed by atoms with Gasteiger partial charge in [0.1, 0.15) is 12.4 Å². The van der Waals surface area contributed by atoms with E-state index in [2.05, 4.69) is 0 Å². The maximum atomic E-state index is 11.9. The number of nitrogens with two attached hydrogens (primary N) is 1. The molecule has 3 N–H and O–H groups in total. The lowest BCUT2D eigenvalue weighted by Gasteiger charge is -2.09. The summed E-state index contributed by atoms with van der Waals surface area (Å²) >= 11 is 0. The molecule has 15 heavy (non-hydrogen) atoms. The Balaban J connectivity index is 2.81. The van der Waals surface area contributed by atoms with E-state index in [4.69, 9.17) is 10.6 Å². The fourth-order valence-electron chi connectivity index (χ4n) is 1.01. The third-order valence-corrected chi connectivity index (χ3v) is 1.63. The third kappa shape index (κ3) is 3.17. The van der Waals surface area contributed by atoms with E-state index in [1.54, 1.807) is 12.1 Å². The Bertz CT molecular complexity index is 345. The average Bonchev–Trinajstić information content (AvgIpc) is 2.25. The highest BCUT2D eigenvalue weighted by atomic mass is 19.3. The van der Waals surface area contributed by atoms with Crippen molar-refractivity contribution in [1.29, 1.82) is 0 Å². The van der Waals surface area contributed by atoms with Crippen molar-refractivity contribution >= 4 is 5.91 Å². The van der Waals surface area contributed by atoms with Gasteiger partial charge >= 0.3 is 0 Å². The molecular formula is C9H10F2N2O2. The molecular weight excluding hydrogens is 206 g/mol. The molecule has 0 aromatic heterocycles. The van der Waals surface area contributed by atoms with E-state index >= 15 is 0 Å². The van der Waals surface area contributed by atoms with Crippen LogP contribution in [0.25, 0.3) is 0 Å². The van der Waals surface area contributed by atoms with Gasteiger partial charge in [0.25, 0.3) is 12.3 Å². The zero-order valence-electron chi connectivity index (χ0n) is 7.74. The zero-order valence-corrected chi connectivity index (χ0v) is 7.74.